The molecule has 0 aliphatic rings. The zero-order valence-electron chi connectivity index (χ0n) is 11.7. The number of nitrogen functional groups attached to an aromatic ring is 1. The maximum atomic E-state index is 13.9. The van der Waals surface area contributed by atoms with E-state index < -0.39 is 11.6 Å². The summed E-state index contributed by atoms with van der Waals surface area (Å²) in [6.45, 7) is 3.72. The molecule has 0 fully saturated rings. The van der Waals surface area contributed by atoms with E-state index >= 15 is 0 Å². The van der Waals surface area contributed by atoms with Crippen LogP contribution in [0, 0.1) is 18.6 Å². The van der Waals surface area contributed by atoms with Crippen molar-refractivity contribution in [3.05, 3.63) is 39.6 Å². The fourth-order valence-corrected chi connectivity index (χ4v) is 2.10. The average molecular weight is 357 g/mol. The van der Waals surface area contributed by atoms with Crippen LogP contribution in [0.15, 0.2) is 16.6 Å². The number of nitrogens with zero attached hydrogens (tertiary/aromatic N) is 2. The van der Waals surface area contributed by atoms with Gasteiger partial charge in [-0.05, 0) is 35.3 Å². The molecular weight excluding hydrogens is 342 g/mol. The largest absolute Gasteiger partial charge is 0.383 e. The lowest BCUT2D eigenvalue weighted by Crippen LogP contribution is -2.08. The molecule has 0 radical (unpaired) electrons. The summed E-state index contributed by atoms with van der Waals surface area (Å²) in [6, 6.07) is 2.13. The molecular formula is C14H15BrF2N4. The predicted octanol–water partition coefficient (Wildman–Crippen LogP) is 4.10. The van der Waals surface area contributed by atoms with Crippen LogP contribution in [0.25, 0.3) is 0 Å². The molecule has 2 aromatic rings. The number of halogens is 3. The van der Waals surface area contributed by atoms with E-state index in [1.165, 1.54) is 0 Å². The molecule has 0 unspecified atom stereocenters. The second-order valence-corrected chi connectivity index (χ2v) is 5.47. The number of hydrogen-bond donors (Lipinski definition) is 2. The Morgan fingerprint density at radius 1 is 1.24 bits per heavy atom. The zero-order valence-corrected chi connectivity index (χ0v) is 13.3. The molecule has 3 N–H and O–H groups in total. The summed E-state index contributed by atoms with van der Waals surface area (Å²) < 4.78 is 27.5. The molecule has 7 heteroatoms. The van der Waals surface area contributed by atoms with E-state index in [4.69, 9.17) is 5.73 Å². The van der Waals surface area contributed by atoms with E-state index in [9.17, 15) is 8.78 Å². The van der Waals surface area contributed by atoms with Crippen LogP contribution in [-0.2, 0) is 6.42 Å². The van der Waals surface area contributed by atoms with Crippen LogP contribution in [0.2, 0.25) is 0 Å². The molecule has 1 aromatic carbocycles. The first-order chi connectivity index (χ1) is 9.92. The van der Waals surface area contributed by atoms with Crippen LogP contribution in [-0.4, -0.2) is 9.97 Å². The molecule has 0 atom stereocenters. The Morgan fingerprint density at radius 2 is 1.95 bits per heavy atom. The van der Waals surface area contributed by atoms with Gasteiger partial charge in [-0.3, -0.25) is 0 Å². The lowest BCUT2D eigenvalue weighted by molar-refractivity contribution is 0.597. The molecule has 0 amide bonds. The number of nitrogens with two attached hydrogens (primary N) is 1. The zero-order chi connectivity index (χ0) is 15.6. The van der Waals surface area contributed by atoms with Gasteiger partial charge in [0.2, 0.25) is 0 Å². The minimum absolute atomic E-state index is 0.000603. The summed E-state index contributed by atoms with van der Waals surface area (Å²) in [4.78, 5) is 8.48. The third-order valence-corrected chi connectivity index (χ3v) is 3.57. The number of rotatable bonds is 4. The summed E-state index contributed by atoms with van der Waals surface area (Å²) in [5, 5.41) is 2.78. The van der Waals surface area contributed by atoms with Gasteiger partial charge >= 0.3 is 0 Å². The van der Waals surface area contributed by atoms with Gasteiger partial charge < -0.3 is 11.1 Å². The second kappa shape index (κ2) is 6.34. The van der Waals surface area contributed by atoms with Gasteiger partial charge in [-0.2, -0.15) is 0 Å². The van der Waals surface area contributed by atoms with Crippen molar-refractivity contribution >= 4 is 33.3 Å². The van der Waals surface area contributed by atoms with E-state index in [2.05, 4.69) is 31.2 Å². The van der Waals surface area contributed by atoms with Crippen molar-refractivity contribution in [2.24, 2.45) is 0 Å². The molecule has 0 saturated heterocycles. The summed E-state index contributed by atoms with van der Waals surface area (Å²) in [5.41, 5.74) is 6.43. The third kappa shape index (κ3) is 3.47. The van der Waals surface area contributed by atoms with Crippen LogP contribution in [0.4, 0.5) is 26.1 Å². The monoisotopic (exact) mass is 356 g/mol. The molecule has 0 aliphatic heterocycles. The maximum Gasteiger partial charge on any atom is 0.148 e. The molecule has 0 saturated carbocycles. The first kappa shape index (κ1) is 15.6. The highest BCUT2D eigenvalue weighted by molar-refractivity contribution is 9.10. The second-order valence-electron chi connectivity index (χ2n) is 4.62. The molecule has 112 valence electrons. The number of benzene rings is 1. The highest BCUT2D eigenvalue weighted by atomic mass is 79.9. The van der Waals surface area contributed by atoms with Gasteiger partial charge in [0.1, 0.15) is 29.1 Å². The van der Waals surface area contributed by atoms with Crippen molar-refractivity contribution in [3.63, 3.8) is 0 Å². The van der Waals surface area contributed by atoms with E-state index in [0.29, 0.717) is 29.4 Å². The fraction of sp³-hybridized carbons (Fsp3) is 0.286. The summed E-state index contributed by atoms with van der Waals surface area (Å²) in [5.74, 6) is 0.130. The quantitative estimate of drug-likeness (QED) is 0.809. The molecule has 1 aromatic heterocycles. The third-order valence-electron chi connectivity index (χ3n) is 2.97. The number of hydrogen-bond acceptors (Lipinski definition) is 4. The topological polar surface area (TPSA) is 63.8 Å². The Kier molecular flexibility index (Phi) is 4.72. The van der Waals surface area contributed by atoms with Crippen LogP contribution < -0.4 is 11.1 Å². The van der Waals surface area contributed by atoms with Crippen molar-refractivity contribution in [2.45, 2.75) is 26.7 Å². The summed E-state index contributed by atoms with van der Waals surface area (Å²) in [6.07, 6.45) is 1.53. The molecule has 0 bridgehead atoms. The Morgan fingerprint density at radius 3 is 2.62 bits per heavy atom. The highest BCUT2D eigenvalue weighted by Crippen LogP contribution is 2.27. The van der Waals surface area contributed by atoms with E-state index in [1.807, 2.05) is 6.92 Å². The normalized spacial score (nSPS) is 10.7. The van der Waals surface area contributed by atoms with Crippen molar-refractivity contribution in [1.29, 1.82) is 0 Å². The standard InChI is InChI=1S/C14H15BrF2N4/c1-3-4-12-20-13(18)7(2)14(21-12)19-11-6-9(16)8(15)5-10(11)17/h5-6H,3-4H2,1-2H3,(H3,18,19,20,21). The van der Waals surface area contributed by atoms with Gasteiger partial charge in [-0.25, -0.2) is 18.7 Å². The first-order valence-electron chi connectivity index (χ1n) is 6.47. The SMILES string of the molecule is CCCc1nc(N)c(C)c(Nc2cc(F)c(Br)cc2F)n1. The molecule has 4 nitrogen and oxygen atoms in total. The van der Waals surface area contributed by atoms with E-state index in [1.54, 1.807) is 6.92 Å². The van der Waals surface area contributed by atoms with Crippen molar-refractivity contribution in [2.75, 3.05) is 11.1 Å². The van der Waals surface area contributed by atoms with Gasteiger partial charge in [0.25, 0.3) is 0 Å². The Hall–Kier alpha value is -1.76. The van der Waals surface area contributed by atoms with Gasteiger partial charge in [-0.1, -0.05) is 6.92 Å². The highest BCUT2D eigenvalue weighted by Gasteiger charge is 2.13. The smallest absolute Gasteiger partial charge is 0.148 e. The Labute approximate surface area is 129 Å². The molecule has 1 heterocycles. The summed E-state index contributed by atoms with van der Waals surface area (Å²) in [7, 11) is 0. The number of aryl methyl sites for hydroxylation is 1. The average Bonchev–Trinajstić information content (AvgIpc) is 2.42. The van der Waals surface area contributed by atoms with Crippen molar-refractivity contribution in [1.82, 2.24) is 9.97 Å². The van der Waals surface area contributed by atoms with Crippen LogP contribution >= 0.6 is 15.9 Å². The van der Waals surface area contributed by atoms with Crippen molar-refractivity contribution in [3.8, 4) is 0 Å². The lowest BCUT2D eigenvalue weighted by atomic mass is 10.2. The lowest BCUT2D eigenvalue weighted by Gasteiger charge is -2.13. The predicted molar refractivity (Wildman–Crippen MR) is 82.5 cm³/mol. The van der Waals surface area contributed by atoms with Gasteiger partial charge in [0, 0.05) is 18.1 Å². The molecule has 2 rings (SSSR count). The molecule has 21 heavy (non-hydrogen) atoms. The van der Waals surface area contributed by atoms with E-state index in [0.717, 1.165) is 18.6 Å². The number of anilines is 3. The van der Waals surface area contributed by atoms with Gasteiger partial charge in [0.05, 0.1) is 10.2 Å². The minimum Gasteiger partial charge on any atom is -0.383 e. The van der Waals surface area contributed by atoms with Crippen LogP contribution in [0.3, 0.4) is 0 Å². The van der Waals surface area contributed by atoms with Gasteiger partial charge in [0.15, 0.2) is 0 Å². The Bertz CT molecular complexity index is 677. The minimum atomic E-state index is -0.586. The van der Waals surface area contributed by atoms with E-state index in [-0.39, 0.29) is 10.2 Å². The summed E-state index contributed by atoms with van der Waals surface area (Å²) >= 11 is 2.94. The first-order valence-corrected chi connectivity index (χ1v) is 7.26. The van der Waals surface area contributed by atoms with Crippen LogP contribution in [0.1, 0.15) is 24.7 Å². The maximum absolute atomic E-state index is 13.9. The number of aromatic nitrogens is 2. The Balaban J connectivity index is 2.41. The molecule has 0 aliphatic carbocycles. The number of nitrogens with one attached hydrogen (secondary N) is 1. The fourth-order valence-electron chi connectivity index (χ4n) is 1.79. The van der Waals surface area contributed by atoms with Crippen molar-refractivity contribution < 1.29 is 8.78 Å². The van der Waals surface area contributed by atoms with Crippen LogP contribution in [0.5, 0.6) is 0 Å². The molecule has 0 spiro atoms. The van der Waals surface area contributed by atoms with Gasteiger partial charge in [-0.15, -0.1) is 0 Å².